The minimum atomic E-state index is -0.278. The summed E-state index contributed by atoms with van der Waals surface area (Å²) in [6.07, 6.45) is -0.278. The molecule has 0 amide bonds. The minimum absolute atomic E-state index is 0.278. The molecule has 1 aliphatic heterocycles. The SMILES string of the molecule is CC(c1ccccc1)N1CCOC(C#N)C1. The third kappa shape index (κ3) is 2.41. The highest BCUT2D eigenvalue weighted by atomic mass is 16.5. The molecule has 16 heavy (non-hydrogen) atoms. The second kappa shape index (κ2) is 5.11. The minimum Gasteiger partial charge on any atom is -0.361 e. The quantitative estimate of drug-likeness (QED) is 0.758. The maximum atomic E-state index is 8.86. The number of hydrogen-bond donors (Lipinski definition) is 0. The Kier molecular flexibility index (Phi) is 3.55. The lowest BCUT2D eigenvalue weighted by atomic mass is 10.1. The molecule has 1 heterocycles. The Balaban J connectivity index is 2.05. The molecule has 2 unspecified atom stereocenters. The van der Waals surface area contributed by atoms with Crippen LogP contribution in [0.25, 0.3) is 0 Å². The predicted octanol–water partition coefficient (Wildman–Crippen LogP) is 1.97. The maximum absolute atomic E-state index is 8.86. The van der Waals surface area contributed by atoms with Gasteiger partial charge in [0.2, 0.25) is 0 Å². The Hall–Kier alpha value is -1.37. The normalized spacial score (nSPS) is 23.6. The van der Waals surface area contributed by atoms with E-state index in [0.717, 1.165) is 6.54 Å². The van der Waals surface area contributed by atoms with Gasteiger partial charge in [0.15, 0.2) is 6.10 Å². The summed E-state index contributed by atoms with van der Waals surface area (Å²) in [5.74, 6) is 0. The lowest BCUT2D eigenvalue weighted by Gasteiger charge is -2.34. The third-order valence-corrected chi connectivity index (χ3v) is 3.07. The van der Waals surface area contributed by atoms with E-state index in [-0.39, 0.29) is 6.10 Å². The summed E-state index contributed by atoms with van der Waals surface area (Å²) in [6.45, 7) is 4.42. The average Bonchev–Trinajstić information content (AvgIpc) is 2.39. The van der Waals surface area contributed by atoms with Crippen LogP contribution in [0, 0.1) is 11.3 Å². The van der Waals surface area contributed by atoms with Gasteiger partial charge in [-0.25, -0.2) is 0 Å². The highest BCUT2D eigenvalue weighted by Crippen LogP contribution is 2.21. The fraction of sp³-hybridized carbons (Fsp3) is 0.462. The van der Waals surface area contributed by atoms with Crippen molar-refractivity contribution in [3.8, 4) is 6.07 Å². The van der Waals surface area contributed by atoms with Crippen molar-refractivity contribution in [3.05, 3.63) is 35.9 Å². The largest absolute Gasteiger partial charge is 0.361 e. The summed E-state index contributed by atoms with van der Waals surface area (Å²) < 4.78 is 5.34. The zero-order valence-corrected chi connectivity index (χ0v) is 9.47. The number of benzene rings is 1. The Labute approximate surface area is 96.2 Å². The number of morpholine rings is 1. The summed E-state index contributed by atoms with van der Waals surface area (Å²) in [5.41, 5.74) is 1.29. The molecular weight excluding hydrogens is 200 g/mol. The smallest absolute Gasteiger partial charge is 0.156 e. The monoisotopic (exact) mass is 216 g/mol. The molecule has 1 aliphatic rings. The average molecular weight is 216 g/mol. The van der Waals surface area contributed by atoms with Crippen molar-refractivity contribution in [2.75, 3.05) is 19.7 Å². The van der Waals surface area contributed by atoms with Crippen LogP contribution in [0.4, 0.5) is 0 Å². The van der Waals surface area contributed by atoms with E-state index in [0.29, 0.717) is 19.2 Å². The predicted molar refractivity (Wildman–Crippen MR) is 61.8 cm³/mol. The fourth-order valence-electron chi connectivity index (χ4n) is 2.04. The van der Waals surface area contributed by atoms with E-state index in [1.54, 1.807) is 0 Å². The molecule has 1 aromatic rings. The summed E-state index contributed by atoms with van der Waals surface area (Å²) in [5, 5.41) is 8.86. The molecule has 3 nitrogen and oxygen atoms in total. The van der Waals surface area contributed by atoms with Gasteiger partial charge in [0.05, 0.1) is 12.7 Å². The first-order valence-corrected chi connectivity index (χ1v) is 5.61. The van der Waals surface area contributed by atoms with E-state index in [9.17, 15) is 0 Å². The highest BCUT2D eigenvalue weighted by molar-refractivity contribution is 5.18. The van der Waals surface area contributed by atoms with Crippen molar-refractivity contribution in [1.29, 1.82) is 5.26 Å². The lowest BCUT2D eigenvalue weighted by molar-refractivity contribution is -0.0146. The molecule has 0 bridgehead atoms. The molecule has 0 radical (unpaired) electrons. The van der Waals surface area contributed by atoms with Crippen LogP contribution in [0.5, 0.6) is 0 Å². The van der Waals surface area contributed by atoms with Crippen LogP contribution < -0.4 is 0 Å². The number of rotatable bonds is 2. The molecule has 0 aromatic heterocycles. The molecule has 2 atom stereocenters. The molecule has 3 heteroatoms. The summed E-state index contributed by atoms with van der Waals surface area (Å²) in [7, 11) is 0. The summed E-state index contributed by atoms with van der Waals surface area (Å²) >= 11 is 0. The summed E-state index contributed by atoms with van der Waals surface area (Å²) in [6, 6.07) is 12.9. The molecule has 1 fully saturated rings. The van der Waals surface area contributed by atoms with E-state index in [1.807, 2.05) is 18.2 Å². The van der Waals surface area contributed by atoms with Crippen LogP contribution in [0.3, 0.4) is 0 Å². The lowest BCUT2D eigenvalue weighted by Crippen LogP contribution is -2.42. The van der Waals surface area contributed by atoms with Crippen LogP contribution in [0.15, 0.2) is 30.3 Å². The molecule has 1 saturated heterocycles. The number of hydrogen-bond acceptors (Lipinski definition) is 3. The van der Waals surface area contributed by atoms with E-state index in [4.69, 9.17) is 10.00 Å². The van der Waals surface area contributed by atoms with E-state index in [2.05, 4.69) is 30.0 Å². The van der Waals surface area contributed by atoms with Crippen molar-refractivity contribution < 1.29 is 4.74 Å². The van der Waals surface area contributed by atoms with Crippen molar-refractivity contribution >= 4 is 0 Å². The highest BCUT2D eigenvalue weighted by Gasteiger charge is 2.24. The van der Waals surface area contributed by atoms with Crippen molar-refractivity contribution in [1.82, 2.24) is 4.90 Å². The van der Waals surface area contributed by atoms with Gasteiger partial charge in [-0.2, -0.15) is 5.26 Å². The number of nitriles is 1. The summed E-state index contributed by atoms with van der Waals surface area (Å²) in [4.78, 5) is 2.30. The second-order valence-electron chi connectivity index (χ2n) is 4.07. The number of nitrogens with zero attached hydrogens (tertiary/aromatic N) is 2. The third-order valence-electron chi connectivity index (χ3n) is 3.07. The van der Waals surface area contributed by atoms with Gasteiger partial charge in [-0.1, -0.05) is 30.3 Å². The molecule has 0 saturated carbocycles. The van der Waals surface area contributed by atoms with E-state index >= 15 is 0 Å². The van der Waals surface area contributed by atoms with Crippen molar-refractivity contribution in [2.24, 2.45) is 0 Å². The first-order chi connectivity index (χ1) is 7.81. The van der Waals surface area contributed by atoms with Crippen molar-refractivity contribution in [3.63, 3.8) is 0 Å². The van der Waals surface area contributed by atoms with Gasteiger partial charge in [-0.15, -0.1) is 0 Å². The molecule has 0 spiro atoms. The van der Waals surface area contributed by atoms with Gasteiger partial charge in [0.1, 0.15) is 0 Å². The van der Waals surface area contributed by atoms with Gasteiger partial charge < -0.3 is 4.74 Å². The first kappa shape index (κ1) is 11.1. The van der Waals surface area contributed by atoms with Gasteiger partial charge in [0.25, 0.3) is 0 Å². The van der Waals surface area contributed by atoms with Crippen LogP contribution in [-0.2, 0) is 4.74 Å². The first-order valence-electron chi connectivity index (χ1n) is 5.61. The second-order valence-corrected chi connectivity index (χ2v) is 4.07. The van der Waals surface area contributed by atoms with Crippen LogP contribution in [0.2, 0.25) is 0 Å². The molecule has 1 aromatic carbocycles. The molecule has 2 rings (SSSR count). The fourth-order valence-corrected chi connectivity index (χ4v) is 2.04. The van der Waals surface area contributed by atoms with Gasteiger partial charge >= 0.3 is 0 Å². The molecule has 0 aliphatic carbocycles. The molecule has 84 valence electrons. The molecule has 0 N–H and O–H groups in total. The molecular formula is C13H16N2O. The Bertz CT molecular complexity index is 371. The van der Waals surface area contributed by atoms with Crippen molar-refractivity contribution in [2.45, 2.75) is 19.1 Å². The maximum Gasteiger partial charge on any atom is 0.156 e. The Morgan fingerprint density at radius 1 is 1.44 bits per heavy atom. The number of ether oxygens (including phenoxy) is 1. The Morgan fingerprint density at radius 3 is 2.88 bits per heavy atom. The van der Waals surface area contributed by atoms with Gasteiger partial charge in [-0.3, -0.25) is 4.90 Å². The topological polar surface area (TPSA) is 36.3 Å². The zero-order valence-electron chi connectivity index (χ0n) is 9.47. The van der Waals surface area contributed by atoms with E-state index in [1.165, 1.54) is 5.56 Å². The van der Waals surface area contributed by atoms with Gasteiger partial charge in [-0.05, 0) is 12.5 Å². The van der Waals surface area contributed by atoms with Gasteiger partial charge in [0, 0.05) is 19.1 Å². The van der Waals surface area contributed by atoms with Crippen LogP contribution >= 0.6 is 0 Å². The standard InChI is InChI=1S/C13H16N2O/c1-11(12-5-3-2-4-6-12)15-7-8-16-13(9-14)10-15/h2-6,11,13H,7-8,10H2,1H3. The zero-order chi connectivity index (χ0) is 11.4. The Morgan fingerprint density at radius 2 is 2.19 bits per heavy atom. The van der Waals surface area contributed by atoms with Crippen LogP contribution in [0.1, 0.15) is 18.5 Å². The van der Waals surface area contributed by atoms with Crippen LogP contribution in [-0.4, -0.2) is 30.7 Å². The van der Waals surface area contributed by atoms with E-state index < -0.39 is 0 Å².